The second-order valence-corrected chi connectivity index (χ2v) is 11.7. The Bertz CT molecular complexity index is 563. The maximum Gasteiger partial charge on any atom is 0.0608 e. The Hall–Kier alpha value is -0.300. The molecule has 4 aliphatic carbocycles. The van der Waals surface area contributed by atoms with Crippen molar-refractivity contribution >= 4 is 0 Å². The molecular formula is C27H46O. The van der Waals surface area contributed by atoms with Crippen molar-refractivity contribution in [1.82, 2.24) is 0 Å². The van der Waals surface area contributed by atoms with E-state index in [4.69, 9.17) is 4.74 Å². The Balaban J connectivity index is 1.44. The molecule has 160 valence electrons. The fourth-order valence-electron chi connectivity index (χ4n) is 8.46. The molecule has 8 atom stereocenters. The van der Waals surface area contributed by atoms with E-state index in [1.807, 2.05) is 7.11 Å². The van der Waals surface area contributed by atoms with Gasteiger partial charge in [-0.2, -0.15) is 0 Å². The van der Waals surface area contributed by atoms with Crippen LogP contribution < -0.4 is 0 Å². The minimum atomic E-state index is 0.496. The van der Waals surface area contributed by atoms with Gasteiger partial charge in [0.15, 0.2) is 0 Å². The summed E-state index contributed by atoms with van der Waals surface area (Å²) in [6.45, 7) is 10.1. The van der Waals surface area contributed by atoms with E-state index in [2.05, 4.69) is 33.8 Å². The van der Waals surface area contributed by atoms with E-state index in [1.165, 1.54) is 70.6 Å². The maximum atomic E-state index is 5.71. The first-order chi connectivity index (χ1) is 13.4. The lowest BCUT2D eigenvalue weighted by atomic mass is 9.51. The topological polar surface area (TPSA) is 9.23 Å². The summed E-state index contributed by atoms with van der Waals surface area (Å²) >= 11 is 0. The van der Waals surface area contributed by atoms with Crippen molar-refractivity contribution in [2.45, 2.75) is 104 Å². The van der Waals surface area contributed by atoms with Crippen LogP contribution in [-0.2, 0) is 4.74 Å². The molecular weight excluding hydrogens is 340 g/mol. The molecule has 0 aromatic rings. The smallest absolute Gasteiger partial charge is 0.0608 e. The van der Waals surface area contributed by atoms with Gasteiger partial charge in [-0.25, -0.2) is 0 Å². The van der Waals surface area contributed by atoms with E-state index in [0.29, 0.717) is 11.5 Å². The number of hydrogen-bond donors (Lipinski definition) is 0. The monoisotopic (exact) mass is 386 g/mol. The molecule has 3 saturated carbocycles. The molecule has 1 nitrogen and oxygen atoms in total. The standard InChI is InChI=1S/C27H46O/c1-18(2)7-6-8-19(3)25-13-14-26-24-11-9-20-17-21(28-5)10-12-22(20)23(24)15-16-27(25,26)4/h9,18-19,21-26H,6-8,10-17H2,1-5H3. The van der Waals surface area contributed by atoms with Crippen molar-refractivity contribution in [2.24, 2.45) is 46.8 Å². The third kappa shape index (κ3) is 3.75. The Kier molecular flexibility index (Phi) is 6.32. The number of methoxy groups -OCH3 is 1. The van der Waals surface area contributed by atoms with Crippen LogP contribution in [0.15, 0.2) is 11.6 Å². The van der Waals surface area contributed by atoms with Gasteiger partial charge in [-0.1, -0.05) is 58.6 Å². The van der Waals surface area contributed by atoms with Gasteiger partial charge in [0.05, 0.1) is 6.10 Å². The molecule has 8 unspecified atom stereocenters. The molecule has 1 heteroatoms. The van der Waals surface area contributed by atoms with Crippen LogP contribution in [0.25, 0.3) is 0 Å². The van der Waals surface area contributed by atoms with Gasteiger partial charge in [-0.15, -0.1) is 0 Å². The van der Waals surface area contributed by atoms with Crippen LogP contribution in [0.1, 0.15) is 98.3 Å². The largest absolute Gasteiger partial charge is 0.381 e. The number of hydrogen-bond acceptors (Lipinski definition) is 1. The molecule has 4 rings (SSSR count). The van der Waals surface area contributed by atoms with Gasteiger partial charge in [0.2, 0.25) is 0 Å². The molecule has 0 aromatic carbocycles. The van der Waals surface area contributed by atoms with Gasteiger partial charge in [0.25, 0.3) is 0 Å². The molecule has 0 heterocycles. The lowest BCUT2D eigenvalue weighted by Crippen LogP contribution is -2.47. The third-order valence-corrected chi connectivity index (χ3v) is 9.94. The van der Waals surface area contributed by atoms with E-state index in [9.17, 15) is 0 Å². The Morgan fingerprint density at radius 3 is 2.61 bits per heavy atom. The number of ether oxygens (including phenoxy) is 1. The zero-order valence-electron chi connectivity index (χ0n) is 19.4. The van der Waals surface area contributed by atoms with Crippen molar-refractivity contribution in [1.29, 1.82) is 0 Å². The summed E-state index contributed by atoms with van der Waals surface area (Å²) in [6.07, 6.45) is 18.8. The second kappa shape index (κ2) is 8.44. The first-order valence-corrected chi connectivity index (χ1v) is 12.7. The van der Waals surface area contributed by atoms with E-state index in [0.717, 1.165) is 41.4 Å². The molecule has 0 radical (unpaired) electrons. The SMILES string of the molecule is COC1CCC2C(=CCC3C2CCC2(C)C(C(C)CCCC(C)C)CCC32)C1. The van der Waals surface area contributed by atoms with Crippen molar-refractivity contribution in [3.8, 4) is 0 Å². The molecule has 0 spiro atoms. The quantitative estimate of drug-likeness (QED) is 0.426. The van der Waals surface area contributed by atoms with Crippen LogP contribution in [0.2, 0.25) is 0 Å². The highest BCUT2D eigenvalue weighted by atomic mass is 16.5. The first kappa shape index (κ1) is 21.0. The highest BCUT2D eigenvalue weighted by Crippen LogP contribution is 2.64. The van der Waals surface area contributed by atoms with Crippen LogP contribution in [0.5, 0.6) is 0 Å². The Morgan fingerprint density at radius 2 is 1.86 bits per heavy atom. The predicted octanol–water partition coefficient (Wildman–Crippen LogP) is 7.65. The molecule has 3 fully saturated rings. The number of rotatable bonds is 6. The summed E-state index contributed by atoms with van der Waals surface area (Å²) in [4.78, 5) is 0. The van der Waals surface area contributed by atoms with Gasteiger partial charge in [0.1, 0.15) is 0 Å². The normalized spacial score (nSPS) is 43.9. The minimum Gasteiger partial charge on any atom is -0.381 e. The van der Waals surface area contributed by atoms with Crippen molar-refractivity contribution < 1.29 is 4.74 Å². The second-order valence-electron chi connectivity index (χ2n) is 11.7. The highest BCUT2D eigenvalue weighted by molar-refractivity contribution is 5.20. The maximum absolute atomic E-state index is 5.71. The van der Waals surface area contributed by atoms with Crippen LogP contribution in [0.3, 0.4) is 0 Å². The molecule has 4 aliphatic rings. The average Bonchev–Trinajstić information content (AvgIpc) is 3.04. The van der Waals surface area contributed by atoms with Gasteiger partial charge < -0.3 is 4.74 Å². The molecule has 0 aromatic heterocycles. The summed E-state index contributed by atoms with van der Waals surface area (Å²) in [7, 11) is 1.91. The number of allylic oxidation sites excluding steroid dienone is 1. The van der Waals surface area contributed by atoms with Gasteiger partial charge in [0, 0.05) is 7.11 Å². The molecule has 0 N–H and O–H groups in total. The summed E-state index contributed by atoms with van der Waals surface area (Å²) in [5.41, 5.74) is 2.41. The summed E-state index contributed by atoms with van der Waals surface area (Å²) in [5, 5.41) is 0. The van der Waals surface area contributed by atoms with Crippen LogP contribution in [-0.4, -0.2) is 13.2 Å². The summed E-state index contributed by atoms with van der Waals surface area (Å²) < 4.78 is 5.71. The van der Waals surface area contributed by atoms with Crippen LogP contribution >= 0.6 is 0 Å². The van der Waals surface area contributed by atoms with Crippen molar-refractivity contribution in [3.05, 3.63) is 11.6 Å². The van der Waals surface area contributed by atoms with E-state index in [-0.39, 0.29) is 0 Å². The zero-order chi connectivity index (χ0) is 19.9. The number of fused-ring (bicyclic) bond motifs is 5. The first-order valence-electron chi connectivity index (χ1n) is 12.7. The van der Waals surface area contributed by atoms with Gasteiger partial charge in [-0.05, 0) is 98.2 Å². The predicted molar refractivity (Wildman–Crippen MR) is 119 cm³/mol. The van der Waals surface area contributed by atoms with Crippen molar-refractivity contribution in [3.63, 3.8) is 0 Å². The van der Waals surface area contributed by atoms with E-state index >= 15 is 0 Å². The lowest BCUT2D eigenvalue weighted by Gasteiger charge is -2.54. The molecule has 28 heavy (non-hydrogen) atoms. The summed E-state index contributed by atoms with van der Waals surface area (Å²) in [5.74, 6) is 6.66. The van der Waals surface area contributed by atoms with E-state index < -0.39 is 0 Å². The van der Waals surface area contributed by atoms with Gasteiger partial charge in [-0.3, -0.25) is 0 Å². The fraction of sp³-hybridized carbons (Fsp3) is 0.926. The minimum absolute atomic E-state index is 0.496. The van der Waals surface area contributed by atoms with Crippen LogP contribution in [0, 0.1) is 46.8 Å². The lowest BCUT2D eigenvalue weighted by molar-refractivity contribution is -0.0318. The molecule has 0 saturated heterocycles. The fourth-order valence-corrected chi connectivity index (χ4v) is 8.46. The Morgan fingerprint density at radius 1 is 1.04 bits per heavy atom. The zero-order valence-corrected chi connectivity index (χ0v) is 19.4. The third-order valence-electron chi connectivity index (χ3n) is 9.94. The molecule has 0 bridgehead atoms. The summed E-state index contributed by atoms with van der Waals surface area (Å²) in [6, 6.07) is 0. The average molecular weight is 387 g/mol. The molecule has 0 amide bonds. The van der Waals surface area contributed by atoms with Crippen LogP contribution in [0.4, 0.5) is 0 Å². The van der Waals surface area contributed by atoms with E-state index in [1.54, 1.807) is 5.57 Å². The van der Waals surface area contributed by atoms with Crippen molar-refractivity contribution in [2.75, 3.05) is 7.11 Å². The Labute approximate surface area is 175 Å². The molecule has 0 aliphatic heterocycles. The van der Waals surface area contributed by atoms with Gasteiger partial charge >= 0.3 is 0 Å². The highest BCUT2D eigenvalue weighted by Gasteiger charge is 2.56.